The van der Waals surface area contributed by atoms with Crippen LogP contribution in [-0.2, 0) is 4.74 Å². The number of ether oxygens (including phenoxy) is 1. The molecule has 2 N–H and O–H groups in total. The second-order valence-corrected chi connectivity index (χ2v) is 8.51. The Morgan fingerprint density at radius 3 is 2.60 bits per heavy atom. The minimum atomic E-state index is -2.67. The molecule has 35 heavy (non-hydrogen) atoms. The number of aryl methyl sites for hydroxylation is 2. The van der Waals surface area contributed by atoms with Crippen LogP contribution in [0.4, 0.5) is 20.3 Å². The van der Waals surface area contributed by atoms with Crippen molar-refractivity contribution in [2.45, 2.75) is 39.2 Å². The Morgan fingerprint density at radius 1 is 1.11 bits per heavy atom. The Balaban J connectivity index is 1.57. The van der Waals surface area contributed by atoms with Gasteiger partial charge in [0.2, 0.25) is 0 Å². The van der Waals surface area contributed by atoms with Gasteiger partial charge in [0.25, 0.3) is 12.3 Å². The van der Waals surface area contributed by atoms with E-state index < -0.39 is 12.3 Å². The molecule has 9 heteroatoms. The van der Waals surface area contributed by atoms with Gasteiger partial charge in [-0.25, -0.2) is 13.8 Å². The van der Waals surface area contributed by atoms with Gasteiger partial charge in [-0.15, -0.1) is 0 Å². The van der Waals surface area contributed by atoms with E-state index in [-0.39, 0.29) is 17.2 Å². The summed E-state index contributed by atoms with van der Waals surface area (Å²) in [6.07, 6.45) is 2.19. The summed E-state index contributed by atoms with van der Waals surface area (Å²) in [5.41, 5.74) is 3.37. The molecular formula is C26H25F2N5O2. The molecule has 3 heterocycles. The summed E-state index contributed by atoms with van der Waals surface area (Å²) in [6, 6.07) is 9.95. The first-order chi connectivity index (χ1) is 16.8. The number of nitrogens with zero attached hydrogens (tertiary/aromatic N) is 3. The maximum Gasteiger partial charge on any atom is 0.263 e. The van der Waals surface area contributed by atoms with E-state index >= 15 is 0 Å². The number of aromatic nitrogens is 2. The summed E-state index contributed by atoms with van der Waals surface area (Å²) >= 11 is 0. The lowest BCUT2D eigenvalue weighted by atomic mass is 10.0. The van der Waals surface area contributed by atoms with Gasteiger partial charge in [-0.3, -0.25) is 9.78 Å². The lowest BCUT2D eigenvalue weighted by Crippen LogP contribution is -2.28. The molecule has 1 fully saturated rings. The van der Waals surface area contributed by atoms with Gasteiger partial charge < -0.3 is 15.4 Å². The monoisotopic (exact) mass is 477 g/mol. The zero-order valence-corrected chi connectivity index (χ0v) is 19.4. The number of halogens is 2. The Bertz CT molecular complexity index is 1280. The van der Waals surface area contributed by atoms with Crippen LogP contribution in [-0.4, -0.2) is 35.1 Å². The molecule has 0 bridgehead atoms. The third kappa shape index (κ3) is 5.78. The maximum atomic E-state index is 13.1. The largest absolute Gasteiger partial charge is 0.381 e. The molecule has 0 atom stereocenters. The molecule has 3 aromatic rings. The minimum absolute atomic E-state index is 0.138. The predicted molar refractivity (Wildman–Crippen MR) is 128 cm³/mol. The normalized spacial score (nSPS) is 13.9. The fourth-order valence-electron chi connectivity index (χ4n) is 4.01. The number of nitrogens with one attached hydrogen (secondary N) is 2. The molecule has 1 amide bonds. The van der Waals surface area contributed by atoms with Gasteiger partial charge in [0.1, 0.15) is 11.9 Å². The quantitative estimate of drug-likeness (QED) is 0.492. The first-order valence-electron chi connectivity index (χ1n) is 11.3. The summed E-state index contributed by atoms with van der Waals surface area (Å²) in [6.45, 7) is 4.82. The highest BCUT2D eigenvalue weighted by atomic mass is 19.3. The number of anilines is 2. The van der Waals surface area contributed by atoms with Crippen LogP contribution >= 0.6 is 0 Å². The summed E-state index contributed by atoms with van der Waals surface area (Å²) < 4.78 is 31.7. The molecule has 0 aliphatic carbocycles. The molecule has 0 radical (unpaired) electrons. The number of hydrogen-bond acceptors (Lipinski definition) is 6. The number of benzene rings is 1. The van der Waals surface area contributed by atoms with Crippen LogP contribution in [0.1, 0.15) is 52.0 Å². The van der Waals surface area contributed by atoms with Crippen molar-refractivity contribution in [3.8, 4) is 17.2 Å². The van der Waals surface area contributed by atoms with Crippen molar-refractivity contribution in [3.05, 3.63) is 70.7 Å². The Morgan fingerprint density at radius 2 is 1.89 bits per heavy atom. The Hall–Kier alpha value is -3.90. The van der Waals surface area contributed by atoms with Crippen molar-refractivity contribution in [1.82, 2.24) is 9.97 Å². The van der Waals surface area contributed by atoms with Crippen LogP contribution < -0.4 is 10.6 Å². The average molecular weight is 478 g/mol. The number of rotatable bonds is 6. The molecule has 0 spiro atoms. The molecule has 180 valence electrons. The highest BCUT2D eigenvalue weighted by Gasteiger charge is 2.18. The molecular weight excluding hydrogens is 452 g/mol. The molecule has 1 aromatic carbocycles. The van der Waals surface area contributed by atoms with Gasteiger partial charge in [0.05, 0.1) is 17.4 Å². The molecule has 1 aliphatic rings. The molecule has 1 aliphatic heterocycles. The van der Waals surface area contributed by atoms with Gasteiger partial charge in [-0.05, 0) is 56.5 Å². The average Bonchev–Trinajstić information content (AvgIpc) is 2.85. The van der Waals surface area contributed by atoms with E-state index in [2.05, 4.69) is 26.7 Å². The number of carbonyl (C=O) groups excluding carboxylic acids is 1. The van der Waals surface area contributed by atoms with Crippen LogP contribution in [0.2, 0.25) is 0 Å². The highest BCUT2D eigenvalue weighted by Crippen LogP contribution is 2.28. The van der Waals surface area contributed by atoms with E-state index in [1.54, 1.807) is 31.3 Å². The van der Waals surface area contributed by atoms with Gasteiger partial charge in [-0.1, -0.05) is 6.07 Å². The second-order valence-electron chi connectivity index (χ2n) is 8.51. The van der Waals surface area contributed by atoms with E-state index in [9.17, 15) is 18.8 Å². The van der Waals surface area contributed by atoms with Gasteiger partial charge in [0.15, 0.2) is 0 Å². The number of alkyl halides is 2. The van der Waals surface area contributed by atoms with E-state index in [4.69, 9.17) is 4.74 Å². The lowest BCUT2D eigenvalue weighted by molar-refractivity contribution is 0.0903. The van der Waals surface area contributed by atoms with Crippen LogP contribution in [0.25, 0.3) is 11.1 Å². The fourth-order valence-corrected chi connectivity index (χ4v) is 4.01. The molecule has 1 saturated heterocycles. The molecule has 7 nitrogen and oxygen atoms in total. The standard InChI is InChI=1S/C26H25F2N5O2/c1-15-7-17(24(27)28)9-18(8-15)26(34)33-22-11-23(16(2)30-14-22)20-10-19(12-29)25(31-13-20)32-21-3-5-35-6-4-21/h7-11,13-14,21,24H,3-6H2,1-2H3,(H,31,32)(H,33,34). The lowest BCUT2D eigenvalue weighted by Gasteiger charge is -2.24. The molecule has 0 saturated carbocycles. The summed E-state index contributed by atoms with van der Waals surface area (Å²) in [5, 5.41) is 15.7. The third-order valence-electron chi connectivity index (χ3n) is 5.84. The topological polar surface area (TPSA) is 99.9 Å². The predicted octanol–water partition coefficient (Wildman–Crippen LogP) is 5.41. The minimum Gasteiger partial charge on any atom is -0.381 e. The summed E-state index contributed by atoms with van der Waals surface area (Å²) in [5.74, 6) is 0.00607. The maximum absolute atomic E-state index is 13.1. The van der Waals surface area contributed by atoms with Crippen molar-refractivity contribution in [2.75, 3.05) is 23.8 Å². The van der Waals surface area contributed by atoms with Crippen LogP contribution in [0, 0.1) is 25.2 Å². The van der Waals surface area contributed by atoms with E-state index in [1.165, 1.54) is 18.3 Å². The van der Waals surface area contributed by atoms with Crippen LogP contribution in [0.15, 0.2) is 42.7 Å². The Labute approximate surface area is 202 Å². The van der Waals surface area contributed by atoms with Crippen LogP contribution in [0.3, 0.4) is 0 Å². The molecule has 4 rings (SSSR count). The smallest absolute Gasteiger partial charge is 0.263 e. The zero-order chi connectivity index (χ0) is 24.9. The fraction of sp³-hybridized carbons (Fsp3) is 0.308. The van der Waals surface area contributed by atoms with Crippen molar-refractivity contribution in [2.24, 2.45) is 0 Å². The number of carbonyl (C=O) groups is 1. The Kier molecular flexibility index (Phi) is 7.32. The number of amides is 1. The van der Waals surface area contributed by atoms with Gasteiger partial charge in [0, 0.05) is 53.4 Å². The van der Waals surface area contributed by atoms with Gasteiger partial charge in [-0.2, -0.15) is 5.26 Å². The van der Waals surface area contributed by atoms with E-state index in [1.807, 2.05) is 6.92 Å². The van der Waals surface area contributed by atoms with Crippen molar-refractivity contribution < 1.29 is 18.3 Å². The number of pyridine rings is 2. The first kappa shape index (κ1) is 24.2. The third-order valence-corrected chi connectivity index (χ3v) is 5.84. The second kappa shape index (κ2) is 10.6. The van der Waals surface area contributed by atoms with Crippen LogP contribution in [0.5, 0.6) is 0 Å². The van der Waals surface area contributed by atoms with E-state index in [0.717, 1.165) is 12.8 Å². The molecule has 0 unspecified atom stereocenters. The highest BCUT2D eigenvalue weighted by molar-refractivity contribution is 6.04. The van der Waals surface area contributed by atoms with Crippen molar-refractivity contribution in [1.29, 1.82) is 5.26 Å². The zero-order valence-electron chi connectivity index (χ0n) is 19.4. The summed E-state index contributed by atoms with van der Waals surface area (Å²) in [7, 11) is 0. The van der Waals surface area contributed by atoms with Crippen molar-refractivity contribution in [3.63, 3.8) is 0 Å². The number of nitriles is 1. The number of hydrogen-bond donors (Lipinski definition) is 2. The SMILES string of the molecule is Cc1cc(C(=O)Nc2cnc(C)c(-c3cnc(NC4CCOCC4)c(C#N)c3)c2)cc(C(F)F)c1. The van der Waals surface area contributed by atoms with Gasteiger partial charge >= 0.3 is 0 Å². The van der Waals surface area contributed by atoms with E-state index in [0.29, 0.717) is 52.7 Å². The van der Waals surface area contributed by atoms with Crippen molar-refractivity contribution >= 4 is 17.4 Å². The summed E-state index contributed by atoms with van der Waals surface area (Å²) in [4.78, 5) is 21.6. The molecule has 2 aromatic heterocycles. The first-order valence-corrected chi connectivity index (χ1v) is 11.3.